The molecule has 6 heteroatoms. The van der Waals surface area contributed by atoms with E-state index in [2.05, 4.69) is 0 Å². The van der Waals surface area contributed by atoms with E-state index in [9.17, 15) is 25.2 Å². The minimum atomic E-state index is -0.919. The summed E-state index contributed by atoms with van der Waals surface area (Å²) in [4.78, 5) is 13.5. The molecule has 218 valence electrons. The summed E-state index contributed by atoms with van der Waals surface area (Å²) in [7, 11) is 0. The van der Waals surface area contributed by atoms with Gasteiger partial charge in [-0.15, -0.1) is 0 Å². The van der Waals surface area contributed by atoms with Crippen LogP contribution in [-0.2, 0) is 9.53 Å². The van der Waals surface area contributed by atoms with Crippen LogP contribution in [0.5, 0.6) is 0 Å². The highest BCUT2D eigenvalue weighted by molar-refractivity contribution is 5.76. The monoisotopic (exact) mass is 526 g/mol. The highest BCUT2D eigenvalue weighted by Crippen LogP contribution is 2.50. The number of hydrogen-bond acceptors (Lipinski definition) is 6. The molecule has 0 radical (unpaired) electrons. The van der Waals surface area contributed by atoms with Gasteiger partial charge in [0.25, 0.3) is 0 Å². The summed E-state index contributed by atoms with van der Waals surface area (Å²) in [5, 5.41) is 44.1. The van der Waals surface area contributed by atoms with Crippen LogP contribution in [0.2, 0.25) is 0 Å². The van der Waals surface area contributed by atoms with Crippen molar-refractivity contribution in [3.63, 3.8) is 0 Å². The van der Waals surface area contributed by atoms with Crippen LogP contribution >= 0.6 is 0 Å². The first-order valence-electron chi connectivity index (χ1n) is 14.6. The Balaban J connectivity index is 2.55. The van der Waals surface area contributed by atoms with E-state index in [1.54, 1.807) is 0 Å². The fourth-order valence-corrected chi connectivity index (χ4v) is 6.57. The van der Waals surface area contributed by atoms with E-state index in [1.807, 2.05) is 76.2 Å². The third-order valence-corrected chi connectivity index (χ3v) is 10.1. The lowest BCUT2D eigenvalue weighted by molar-refractivity contribution is -0.176. The molecule has 0 amide bonds. The van der Waals surface area contributed by atoms with E-state index in [1.165, 1.54) is 0 Å². The predicted octanol–water partition coefficient (Wildman–Crippen LogP) is 5.48. The lowest BCUT2D eigenvalue weighted by Gasteiger charge is -2.50. The van der Waals surface area contributed by atoms with Gasteiger partial charge in [-0.1, -0.05) is 6.92 Å². The molecule has 0 saturated heterocycles. The van der Waals surface area contributed by atoms with Gasteiger partial charge in [-0.05, 0) is 150 Å². The smallest absolute Gasteiger partial charge is 0.311 e. The summed E-state index contributed by atoms with van der Waals surface area (Å²) < 4.78 is 6.46. The molecule has 0 aromatic rings. The summed E-state index contributed by atoms with van der Waals surface area (Å²) in [6, 6.07) is 0. The molecule has 2 aliphatic rings. The Morgan fingerprint density at radius 3 is 1.11 bits per heavy atom. The molecule has 0 aromatic heterocycles. The van der Waals surface area contributed by atoms with Crippen molar-refractivity contribution in [1.82, 2.24) is 0 Å². The van der Waals surface area contributed by atoms with E-state index in [4.69, 9.17) is 4.74 Å². The Labute approximate surface area is 226 Å². The normalized spacial score (nSPS) is 31.6. The summed E-state index contributed by atoms with van der Waals surface area (Å²) in [6.45, 7) is 20.5. The van der Waals surface area contributed by atoms with E-state index < -0.39 is 33.9 Å². The second kappa shape index (κ2) is 11.1. The number of carbonyl (C=O) groups excluding carboxylic acids is 1. The minimum Gasteiger partial charge on any atom is -0.461 e. The van der Waals surface area contributed by atoms with Gasteiger partial charge in [-0.2, -0.15) is 0 Å². The molecule has 37 heavy (non-hydrogen) atoms. The largest absolute Gasteiger partial charge is 0.461 e. The predicted molar refractivity (Wildman–Crippen MR) is 148 cm³/mol. The molecule has 6 nitrogen and oxygen atoms in total. The number of aliphatic hydroxyl groups is 4. The first-order valence-corrected chi connectivity index (χ1v) is 14.6. The molecule has 2 saturated carbocycles. The Kier molecular flexibility index (Phi) is 9.72. The molecule has 4 unspecified atom stereocenters. The second-order valence-electron chi connectivity index (χ2n) is 15.4. The zero-order valence-electron chi connectivity index (χ0n) is 25.6. The second-order valence-corrected chi connectivity index (χ2v) is 15.4. The number of ether oxygens (including phenoxy) is 1. The lowest BCUT2D eigenvalue weighted by atomic mass is 9.59. The Morgan fingerprint density at radius 2 is 0.892 bits per heavy atom. The average Bonchev–Trinajstić information content (AvgIpc) is 2.74. The summed E-state index contributed by atoms with van der Waals surface area (Å²) >= 11 is 0. The molecule has 0 aromatic carbocycles. The van der Waals surface area contributed by atoms with Crippen molar-refractivity contribution in [3.05, 3.63) is 0 Å². The van der Waals surface area contributed by atoms with Crippen molar-refractivity contribution < 1.29 is 30.0 Å². The fourth-order valence-electron chi connectivity index (χ4n) is 6.57. The van der Waals surface area contributed by atoms with E-state index >= 15 is 0 Å². The number of rotatable bonds is 9. The summed E-state index contributed by atoms with van der Waals surface area (Å²) in [5.41, 5.74) is -4.30. The zero-order chi connectivity index (χ0) is 28.8. The van der Waals surface area contributed by atoms with Crippen LogP contribution in [0.3, 0.4) is 0 Å². The van der Waals surface area contributed by atoms with E-state index in [0.717, 1.165) is 0 Å². The fraction of sp³-hybridized carbons (Fsp3) is 0.968. The van der Waals surface area contributed by atoms with Crippen LogP contribution in [0.25, 0.3) is 0 Å². The summed E-state index contributed by atoms with van der Waals surface area (Å²) in [6.07, 6.45) is 4.50. The van der Waals surface area contributed by atoms with Gasteiger partial charge in [0.05, 0.1) is 27.8 Å². The first-order chi connectivity index (χ1) is 16.5. The van der Waals surface area contributed by atoms with Crippen LogP contribution in [-0.4, -0.2) is 54.9 Å². The molecule has 0 heterocycles. The SMILES string of the molecule is CCC(C)(C)C(=O)OC(C1CC(C(C)(C)O)CC(C(C)(C)O)C1)C1CC(C(C)(C)O)CC(C(C)(C)O)C1. The number of esters is 1. The van der Waals surface area contributed by atoms with Gasteiger partial charge in [0.2, 0.25) is 0 Å². The van der Waals surface area contributed by atoms with Gasteiger partial charge in [-0.3, -0.25) is 4.79 Å². The van der Waals surface area contributed by atoms with Crippen LogP contribution in [0.4, 0.5) is 0 Å². The van der Waals surface area contributed by atoms with Crippen LogP contribution in [0.1, 0.15) is 121 Å². The zero-order valence-corrected chi connectivity index (χ0v) is 25.6. The highest BCUT2D eigenvalue weighted by Gasteiger charge is 2.50. The van der Waals surface area contributed by atoms with E-state index in [-0.39, 0.29) is 41.5 Å². The van der Waals surface area contributed by atoms with Gasteiger partial charge >= 0.3 is 5.97 Å². The van der Waals surface area contributed by atoms with Gasteiger partial charge in [0.1, 0.15) is 6.10 Å². The Hall–Kier alpha value is -0.690. The van der Waals surface area contributed by atoms with Crippen LogP contribution in [0.15, 0.2) is 0 Å². The van der Waals surface area contributed by atoms with Crippen molar-refractivity contribution in [2.75, 3.05) is 0 Å². The topological polar surface area (TPSA) is 107 Å². The molecular weight excluding hydrogens is 468 g/mol. The third kappa shape index (κ3) is 8.40. The Bertz CT molecular complexity index is 667. The first kappa shape index (κ1) is 32.5. The van der Waals surface area contributed by atoms with Gasteiger partial charge in [0, 0.05) is 0 Å². The standard InChI is InChI=1S/C31H58O6/c1-12-27(2,3)26(32)37-25(19-13-21(28(4,5)33)17-22(14-19)29(6,7)34)20-15-23(30(8,9)35)18-24(16-20)31(10,11)36/h19-25,33-36H,12-18H2,1-11H3. The highest BCUT2D eigenvalue weighted by atomic mass is 16.5. The molecule has 2 fully saturated rings. The van der Waals surface area contributed by atoms with Gasteiger partial charge in [-0.25, -0.2) is 0 Å². The molecule has 0 bridgehead atoms. The molecule has 4 N–H and O–H groups in total. The maximum absolute atomic E-state index is 13.5. The Morgan fingerprint density at radius 1 is 0.622 bits per heavy atom. The molecule has 2 rings (SSSR count). The molecule has 0 spiro atoms. The number of carbonyl (C=O) groups is 1. The molecule has 0 aliphatic heterocycles. The number of hydrogen-bond donors (Lipinski definition) is 4. The lowest BCUT2D eigenvalue weighted by Crippen LogP contribution is -2.51. The maximum atomic E-state index is 13.5. The third-order valence-electron chi connectivity index (χ3n) is 10.1. The van der Waals surface area contributed by atoms with E-state index in [0.29, 0.717) is 44.9 Å². The van der Waals surface area contributed by atoms with Gasteiger partial charge < -0.3 is 25.2 Å². The molecule has 4 atom stereocenters. The minimum absolute atomic E-state index is 0.0359. The van der Waals surface area contributed by atoms with Crippen LogP contribution in [0, 0.1) is 40.9 Å². The average molecular weight is 527 g/mol. The van der Waals surface area contributed by atoms with Crippen molar-refractivity contribution in [2.45, 2.75) is 150 Å². The van der Waals surface area contributed by atoms with Crippen molar-refractivity contribution in [2.24, 2.45) is 40.9 Å². The summed E-state index contributed by atoms with van der Waals surface area (Å²) in [5.74, 6) is -0.458. The van der Waals surface area contributed by atoms with Crippen molar-refractivity contribution in [3.8, 4) is 0 Å². The maximum Gasteiger partial charge on any atom is 0.311 e. The van der Waals surface area contributed by atoms with Crippen LogP contribution < -0.4 is 0 Å². The van der Waals surface area contributed by atoms with Gasteiger partial charge in [0.15, 0.2) is 0 Å². The molecular formula is C31H58O6. The van der Waals surface area contributed by atoms with Crippen molar-refractivity contribution in [1.29, 1.82) is 0 Å². The quantitative estimate of drug-likeness (QED) is 0.296. The molecule has 2 aliphatic carbocycles. The van der Waals surface area contributed by atoms with Crippen molar-refractivity contribution >= 4 is 5.97 Å².